The number of aliphatic hydroxyl groups excluding tert-OH is 1. The van der Waals surface area contributed by atoms with Crippen molar-refractivity contribution in [2.24, 2.45) is 11.8 Å². The summed E-state index contributed by atoms with van der Waals surface area (Å²) in [6, 6.07) is 12.3. The molecule has 3 aromatic rings. The maximum absolute atomic E-state index is 13.2. The third kappa shape index (κ3) is 8.44. The van der Waals surface area contributed by atoms with Crippen molar-refractivity contribution in [3.05, 3.63) is 66.0 Å². The Hall–Kier alpha value is -3.66. The third-order valence-electron chi connectivity index (χ3n) is 6.30. The van der Waals surface area contributed by atoms with Crippen LogP contribution >= 0.6 is 0 Å². The zero-order valence-electron chi connectivity index (χ0n) is 21.7. The fraction of sp³-hybridized carbons (Fsp3) is 0.429. The van der Waals surface area contributed by atoms with Crippen molar-refractivity contribution in [1.29, 1.82) is 0 Å². The molecule has 0 bridgehead atoms. The van der Waals surface area contributed by atoms with Crippen LogP contribution in [0.1, 0.15) is 49.2 Å². The highest BCUT2D eigenvalue weighted by molar-refractivity contribution is 5.94. The average Bonchev–Trinajstić information content (AvgIpc) is 2.90. The van der Waals surface area contributed by atoms with E-state index in [0.717, 1.165) is 6.42 Å². The van der Waals surface area contributed by atoms with Gasteiger partial charge in [-0.3, -0.25) is 14.6 Å². The number of amides is 2. The van der Waals surface area contributed by atoms with Gasteiger partial charge in [-0.1, -0.05) is 44.5 Å². The first-order valence-electron chi connectivity index (χ1n) is 12.6. The predicted molar refractivity (Wildman–Crippen MR) is 140 cm³/mol. The smallest absolute Gasteiger partial charge is 0.387 e. The highest BCUT2D eigenvalue weighted by Crippen LogP contribution is 2.22. The van der Waals surface area contributed by atoms with E-state index in [4.69, 9.17) is 0 Å². The van der Waals surface area contributed by atoms with Crippen molar-refractivity contribution < 1.29 is 28.2 Å². The van der Waals surface area contributed by atoms with Gasteiger partial charge in [0.05, 0.1) is 29.4 Å². The monoisotopic (exact) mass is 528 g/mol. The molecule has 3 atom stereocenters. The van der Waals surface area contributed by atoms with Gasteiger partial charge in [0.1, 0.15) is 11.4 Å². The van der Waals surface area contributed by atoms with Gasteiger partial charge in [-0.2, -0.15) is 8.78 Å². The fourth-order valence-corrected chi connectivity index (χ4v) is 4.20. The van der Waals surface area contributed by atoms with Crippen LogP contribution in [0, 0.1) is 11.8 Å². The molecule has 0 aliphatic heterocycles. The Morgan fingerprint density at radius 1 is 1.03 bits per heavy atom. The summed E-state index contributed by atoms with van der Waals surface area (Å²) in [5, 5.41) is 16.7. The largest absolute Gasteiger partial charge is 0.435 e. The minimum absolute atomic E-state index is 0.00434. The van der Waals surface area contributed by atoms with Crippen molar-refractivity contribution >= 4 is 22.8 Å². The Morgan fingerprint density at radius 2 is 1.71 bits per heavy atom. The lowest BCUT2D eigenvalue weighted by Gasteiger charge is -2.27. The third-order valence-corrected chi connectivity index (χ3v) is 6.30. The van der Waals surface area contributed by atoms with Crippen LogP contribution in [0.2, 0.25) is 0 Å². The van der Waals surface area contributed by atoms with E-state index in [0.29, 0.717) is 28.9 Å². The number of rotatable bonds is 13. The standard InChI is InChI=1S/C28H34F2N4O4/c1-17(2)8-11-19(26(36)31-3)15-25(35)23(14-18-9-12-20(13-10-18)38-28(29)30)34-27(37)24-16-32-21-6-4-5-7-22(21)33-24/h4-7,9-10,12-13,16-17,19,23,25,28,35H,8,11,14-15H2,1-3H3,(H,31,36)(H,34,37)/t19-,23+,25+/m1/s1. The summed E-state index contributed by atoms with van der Waals surface area (Å²) >= 11 is 0. The van der Waals surface area contributed by atoms with Crippen molar-refractivity contribution in [1.82, 2.24) is 20.6 Å². The lowest BCUT2D eigenvalue weighted by atomic mass is 9.88. The second-order valence-corrected chi connectivity index (χ2v) is 9.64. The van der Waals surface area contributed by atoms with Crippen molar-refractivity contribution in [2.45, 2.75) is 58.3 Å². The van der Waals surface area contributed by atoms with Gasteiger partial charge in [-0.25, -0.2) is 4.98 Å². The molecular formula is C28H34F2N4O4. The molecule has 2 amide bonds. The zero-order chi connectivity index (χ0) is 27.7. The highest BCUT2D eigenvalue weighted by atomic mass is 19.3. The lowest BCUT2D eigenvalue weighted by molar-refractivity contribution is -0.126. The quantitative estimate of drug-likeness (QED) is 0.308. The number of para-hydroxylation sites is 2. The van der Waals surface area contributed by atoms with Crippen LogP contribution in [-0.2, 0) is 11.2 Å². The Balaban J connectivity index is 1.82. The molecule has 0 radical (unpaired) electrons. The molecule has 1 heterocycles. The molecule has 0 aliphatic carbocycles. The van der Waals surface area contributed by atoms with E-state index in [1.165, 1.54) is 18.3 Å². The van der Waals surface area contributed by atoms with Crippen LogP contribution in [0.25, 0.3) is 11.0 Å². The molecule has 2 aromatic carbocycles. The van der Waals surface area contributed by atoms with Gasteiger partial charge in [0.2, 0.25) is 5.91 Å². The normalized spacial score (nSPS) is 13.8. The number of aromatic nitrogens is 2. The van der Waals surface area contributed by atoms with E-state index in [9.17, 15) is 23.5 Å². The van der Waals surface area contributed by atoms with Crippen LogP contribution in [0.15, 0.2) is 54.7 Å². The summed E-state index contributed by atoms with van der Waals surface area (Å²) in [5.74, 6) is -0.758. The SMILES string of the molecule is CNC(=O)[C@H](CCC(C)C)C[C@H](O)[C@H](Cc1ccc(OC(F)F)cc1)NC(=O)c1cnc2ccccc2n1. The Kier molecular flexibility index (Phi) is 10.5. The van der Waals surface area contributed by atoms with Gasteiger partial charge in [-0.15, -0.1) is 0 Å². The first kappa shape index (κ1) is 28.9. The number of nitrogens with zero attached hydrogens (tertiary/aromatic N) is 2. The number of hydrogen-bond acceptors (Lipinski definition) is 6. The van der Waals surface area contributed by atoms with E-state index in [1.807, 2.05) is 6.07 Å². The second-order valence-electron chi connectivity index (χ2n) is 9.64. The zero-order valence-corrected chi connectivity index (χ0v) is 21.7. The first-order valence-corrected chi connectivity index (χ1v) is 12.6. The van der Waals surface area contributed by atoms with Crippen molar-refractivity contribution in [2.75, 3.05) is 7.05 Å². The van der Waals surface area contributed by atoms with Gasteiger partial charge in [0, 0.05) is 13.0 Å². The van der Waals surface area contributed by atoms with Crippen molar-refractivity contribution in [3.63, 3.8) is 0 Å². The maximum Gasteiger partial charge on any atom is 0.387 e. The predicted octanol–water partition coefficient (Wildman–Crippen LogP) is 4.12. The molecule has 0 spiro atoms. The number of carbonyl (C=O) groups excluding carboxylic acids is 2. The molecule has 1 aromatic heterocycles. The van der Waals surface area contributed by atoms with Crippen molar-refractivity contribution in [3.8, 4) is 5.75 Å². The molecule has 10 heteroatoms. The summed E-state index contributed by atoms with van der Waals surface area (Å²) in [7, 11) is 1.55. The van der Waals surface area contributed by atoms with Crippen LogP contribution in [0.4, 0.5) is 8.78 Å². The molecular weight excluding hydrogens is 494 g/mol. The average molecular weight is 529 g/mol. The van der Waals surface area contributed by atoms with Crippen LogP contribution < -0.4 is 15.4 Å². The van der Waals surface area contributed by atoms with Gasteiger partial charge < -0.3 is 20.5 Å². The van der Waals surface area contributed by atoms with Gasteiger partial charge in [0.15, 0.2) is 0 Å². The Labute approximate surface area is 220 Å². The summed E-state index contributed by atoms with van der Waals surface area (Å²) in [6.07, 6.45) is 2.01. The second kappa shape index (κ2) is 13.8. The van der Waals surface area contributed by atoms with Gasteiger partial charge >= 0.3 is 6.61 Å². The van der Waals surface area contributed by atoms with Gasteiger partial charge in [0.25, 0.3) is 5.91 Å². The molecule has 3 N–H and O–H groups in total. The summed E-state index contributed by atoms with van der Waals surface area (Å²) in [5.41, 5.74) is 1.97. The Morgan fingerprint density at radius 3 is 2.34 bits per heavy atom. The molecule has 0 saturated carbocycles. The topological polar surface area (TPSA) is 113 Å². The number of halogens is 2. The van der Waals surface area contributed by atoms with E-state index in [-0.39, 0.29) is 30.2 Å². The number of aliphatic hydroxyl groups is 1. The van der Waals surface area contributed by atoms with Gasteiger partial charge in [-0.05, 0) is 55.0 Å². The molecule has 3 rings (SSSR count). The Bertz CT molecular complexity index is 1210. The summed E-state index contributed by atoms with van der Waals surface area (Å²) in [6.45, 7) is 1.18. The van der Waals surface area contributed by atoms with E-state index < -0.39 is 30.6 Å². The maximum atomic E-state index is 13.2. The minimum Gasteiger partial charge on any atom is -0.435 e. The van der Waals surface area contributed by atoms with Crippen LogP contribution in [-0.4, -0.2) is 52.7 Å². The van der Waals surface area contributed by atoms with E-state index in [1.54, 1.807) is 37.4 Å². The molecule has 8 nitrogen and oxygen atoms in total. The molecule has 0 unspecified atom stereocenters. The first-order chi connectivity index (χ1) is 18.2. The number of alkyl halides is 2. The minimum atomic E-state index is -2.94. The van der Waals surface area contributed by atoms with Crippen LogP contribution in [0.5, 0.6) is 5.75 Å². The fourth-order valence-electron chi connectivity index (χ4n) is 4.20. The highest BCUT2D eigenvalue weighted by Gasteiger charge is 2.29. The molecule has 0 saturated heterocycles. The molecule has 204 valence electrons. The van der Waals surface area contributed by atoms with E-state index in [2.05, 4.69) is 39.2 Å². The lowest BCUT2D eigenvalue weighted by Crippen LogP contribution is -2.46. The number of hydrogen-bond donors (Lipinski definition) is 3. The number of ether oxygens (including phenoxy) is 1. The van der Waals surface area contributed by atoms with E-state index >= 15 is 0 Å². The summed E-state index contributed by atoms with van der Waals surface area (Å²) in [4.78, 5) is 34.3. The molecule has 0 aliphatic rings. The number of fused-ring (bicyclic) bond motifs is 1. The number of carbonyl (C=O) groups is 2. The van der Waals surface area contributed by atoms with Crippen LogP contribution in [0.3, 0.4) is 0 Å². The number of benzene rings is 2. The molecule has 0 fully saturated rings. The molecule has 38 heavy (non-hydrogen) atoms. The summed E-state index contributed by atoms with van der Waals surface area (Å²) < 4.78 is 29.4. The number of nitrogens with one attached hydrogen (secondary N) is 2.